The molecule has 4 rings (SSSR count). The minimum Gasteiger partial charge on any atom is -0.444 e. The van der Waals surface area contributed by atoms with Crippen LogP contribution in [0.2, 0.25) is 5.02 Å². The molecule has 1 N–H and O–H groups in total. The van der Waals surface area contributed by atoms with Crippen LogP contribution in [0.5, 0.6) is 0 Å². The second-order valence-corrected chi connectivity index (χ2v) is 10.5. The van der Waals surface area contributed by atoms with Gasteiger partial charge in [-0.3, -0.25) is 4.90 Å². The predicted molar refractivity (Wildman–Crippen MR) is 119 cm³/mol. The first kappa shape index (κ1) is 21.7. The molecule has 166 valence electrons. The van der Waals surface area contributed by atoms with E-state index < -0.39 is 5.60 Å². The molecule has 1 aromatic rings. The van der Waals surface area contributed by atoms with Gasteiger partial charge in [0.05, 0.1) is 16.8 Å². The average molecular weight is 436 g/mol. The Morgan fingerprint density at radius 2 is 1.77 bits per heavy atom. The summed E-state index contributed by atoms with van der Waals surface area (Å²) in [7, 11) is 0. The Labute approximate surface area is 184 Å². The van der Waals surface area contributed by atoms with Gasteiger partial charge in [-0.1, -0.05) is 23.7 Å². The second-order valence-electron chi connectivity index (χ2n) is 10.1. The summed E-state index contributed by atoms with van der Waals surface area (Å²) in [6, 6.07) is 6.16. The zero-order valence-electron chi connectivity index (χ0n) is 18.3. The first-order chi connectivity index (χ1) is 14.2. The Kier molecular flexibility index (Phi) is 6.20. The van der Waals surface area contributed by atoms with Crippen LogP contribution < -0.4 is 4.90 Å². The number of hydrogen-bond donors (Lipinski definition) is 1. The third kappa shape index (κ3) is 4.87. The molecular weight excluding hydrogens is 402 g/mol. The lowest BCUT2D eigenvalue weighted by atomic mass is 10.0. The number of para-hydroxylation sites is 1. The molecular formula is C23H34ClN3O3. The molecule has 0 aliphatic carbocycles. The Morgan fingerprint density at radius 3 is 2.37 bits per heavy atom. The van der Waals surface area contributed by atoms with Crippen molar-refractivity contribution in [2.24, 2.45) is 11.8 Å². The van der Waals surface area contributed by atoms with E-state index in [1.165, 1.54) is 5.56 Å². The monoisotopic (exact) mass is 435 g/mol. The number of halogens is 1. The lowest BCUT2D eigenvalue weighted by molar-refractivity contribution is 0.0274. The molecule has 3 aliphatic rings. The van der Waals surface area contributed by atoms with Gasteiger partial charge < -0.3 is 19.6 Å². The minimum absolute atomic E-state index is 0.187. The number of anilines is 1. The average Bonchev–Trinajstić information content (AvgIpc) is 3.20. The van der Waals surface area contributed by atoms with Crippen LogP contribution >= 0.6 is 11.6 Å². The topological polar surface area (TPSA) is 56.2 Å². The van der Waals surface area contributed by atoms with E-state index in [2.05, 4.69) is 15.9 Å². The molecule has 2 atom stereocenters. The third-order valence-corrected chi connectivity index (χ3v) is 6.76. The van der Waals surface area contributed by atoms with E-state index >= 15 is 0 Å². The summed E-state index contributed by atoms with van der Waals surface area (Å²) in [6.07, 6.45) is 1.20. The van der Waals surface area contributed by atoms with Crippen LogP contribution in [0.15, 0.2) is 18.2 Å². The van der Waals surface area contributed by atoms with E-state index in [1.807, 2.05) is 37.8 Å². The molecule has 1 aromatic carbocycles. The van der Waals surface area contributed by atoms with Crippen LogP contribution in [0, 0.1) is 11.8 Å². The van der Waals surface area contributed by atoms with Crippen molar-refractivity contribution < 1.29 is 14.6 Å². The number of aliphatic hydroxyl groups excluding tert-OH is 1. The van der Waals surface area contributed by atoms with Crippen LogP contribution in [0.4, 0.5) is 10.5 Å². The SMILES string of the molecule is CC(C)(C)OC(=O)N1CC2CN(Cc3cccc(Cl)c3N3CCC(O)CC3)CC2C1. The van der Waals surface area contributed by atoms with Crippen molar-refractivity contribution in [1.82, 2.24) is 9.80 Å². The van der Waals surface area contributed by atoms with E-state index in [0.717, 1.165) is 69.4 Å². The van der Waals surface area contributed by atoms with Gasteiger partial charge in [0.15, 0.2) is 0 Å². The molecule has 2 unspecified atom stereocenters. The molecule has 0 saturated carbocycles. The first-order valence-corrected chi connectivity index (χ1v) is 11.5. The third-order valence-electron chi connectivity index (χ3n) is 6.46. The maximum atomic E-state index is 12.4. The predicted octanol–water partition coefficient (Wildman–Crippen LogP) is 3.60. The van der Waals surface area contributed by atoms with Crippen molar-refractivity contribution in [2.45, 2.75) is 51.9 Å². The maximum Gasteiger partial charge on any atom is 0.410 e. The van der Waals surface area contributed by atoms with E-state index in [-0.39, 0.29) is 12.2 Å². The molecule has 3 aliphatic heterocycles. The van der Waals surface area contributed by atoms with Gasteiger partial charge in [-0.2, -0.15) is 0 Å². The summed E-state index contributed by atoms with van der Waals surface area (Å²) in [5, 5.41) is 10.6. The van der Waals surface area contributed by atoms with Crippen molar-refractivity contribution in [2.75, 3.05) is 44.2 Å². The Balaban J connectivity index is 1.38. The fraction of sp³-hybridized carbons (Fsp3) is 0.696. The summed E-state index contributed by atoms with van der Waals surface area (Å²) in [4.78, 5) is 19.1. The number of ether oxygens (including phenoxy) is 1. The number of aliphatic hydroxyl groups is 1. The largest absolute Gasteiger partial charge is 0.444 e. The number of piperidine rings is 1. The van der Waals surface area contributed by atoms with Crippen molar-refractivity contribution in [1.29, 1.82) is 0 Å². The quantitative estimate of drug-likeness (QED) is 0.786. The Morgan fingerprint density at radius 1 is 1.13 bits per heavy atom. The van der Waals surface area contributed by atoms with Gasteiger partial charge in [-0.05, 0) is 57.1 Å². The Hall–Kier alpha value is -1.50. The number of carbonyl (C=O) groups is 1. The van der Waals surface area contributed by atoms with E-state index in [1.54, 1.807) is 0 Å². The molecule has 1 amide bonds. The van der Waals surface area contributed by atoms with Crippen molar-refractivity contribution >= 4 is 23.4 Å². The van der Waals surface area contributed by atoms with Crippen LogP contribution in [-0.2, 0) is 11.3 Å². The fourth-order valence-electron chi connectivity index (χ4n) is 5.07. The molecule has 0 bridgehead atoms. The fourth-order valence-corrected chi connectivity index (χ4v) is 5.38. The molecule has 6 nitrogen and oxygen atoms in total. The molecule has 30 heavy (non-hydrogen) atoms. The zero-order chi connectivity index (χ0) is 21.5. The normalized spacial score (nSPS) is 25.6. The maximum absolute atomic E-state index is 12.4. The van der Waals surface area contributed by atoms with Crippen LogP contribution in [0.3, 0.4) is 0 Å². The number of fused-ring (bicyclic) bond motifs is 1. The highest BCUT2D eigenvalue weighted by Crippen LogP contribution is 2.36. The summed E-state index contributed by atoms with van der Waals surface area (Å²) < 4.78 is 5.55. The molecule has 3 fully saturated rings. The van der Waals surface area contributed by atoms with Crippen LogP contribution in [0.1, 0.15) is 39.2 Å². The first-order valence-electron chi connectivity index (χ1n) is 11.1. The smallest absolute Gasteiger partial charge is 0.410 e. The minimum atomic E-state index is -0.450. The molecule has 3 heterocycles. The van der Waals surface area contributed by atoms with Gasteiger partial charge in [-0.25, -0.2) is 4.79 Å². The van der Waals surface area contributed by atoms with Crippen LogP contribution in [-0.4, -0.2) is 72.0 Å². The van der Waals surface area contributed by atoms with Crippen molar-refractivity contribution in [3.05, 3.63) is 28.8 Å². The van der Waals surface area contributed by atoms with Gasteiger partial charge in [0.2, 0.25) is 0 Å². The zero-order valence-corrected chi connectivity index (χ0v) is 19.1. The lowest BCUT2D eigenvalue weighted by Gasteiger charge is -2.34. The number of amides is 1. The summed E-state index contributed by atoms with van der Waals surface area (Å²) in [6.45, 7) is 11.8. The van der Waals surface area contributed by atoms with Gasteiger partial charge in [0, 0.05) is 45.8 Å². The Bertz CT molecular complexity index is 759. The lowest BCUT2D eigenvalue weighted by Crippen LogP contribution is -2.38. The van der Waals surface area contributed by atoms with Crippen molar-refractivity contribution in [3.63, 3.8) is 0 Å². The number of nitrogens with zero attached hydrogens (tertiary/aromatic N) is 3. The summed E-state index contributed by atoms with van der Waals surface area (Å²) in [5.41, 5.74) is 1.93. The van der Waals surface area contributed by atoms with Gasteiger partial charge in [-0.15, -0.1) is 0 Å². The van der Waals surface area contributed by atoms with Gasteiger partial charge in [0.25, 0.3) is 0 Å². The van der Waals surface area contributed by atoms with Crippen molar-refractivity contribution in [3.8, 4) is 0 Å². The highest BCUT2D eigenvalue weighted by atomic mass is 35.5. The van der Waals surface area contributed by atoms with E-state index in [4.69, 9.17) is 16.3 Å². The highest BCUT2D eigenvalue weighted by Gasteiger charge is 2.42. The molecule has 0 radical (unpaired) electrons. The molecule has 0 spiro atoms. The number of carbonyl (C=O) groups excluding carboxylic acids is 1. The van der Waals surface area contributed by atoms with E-state index in [9.17, 15) is 9.90 Å². The second kappa shape index (κ2) is 8.56. The summed E-state index contributed by atoms with van der Waals surface area (Å²) >= 11 is 6.61. The number of likely N-dealkylation sites (tertiary alicyclic amines) is 2. The number of hydrogen-bond acceptors (Lipinski definition) is 5. The number of benzene rings is 1. The standard InChI is InChI=1S/C23H34ClN3O3/c1-23(2,3)30-22(29)27-14-17-12-25(13-18(17)15-27)11-16-5-4-6-20(24)21(16)26-9-7-19(28)8-10-26/h4-6,17-19,28H,7-15H2,1-3H3. The van der Waals surface area contributed by atoms with Gasteiger partial charge >= 0.3 is 6.09 Å². The molecule has 7 heteroatoms. The molecule has 3 saturated heterocycles. The summed E-state index contributed by atoms with van der Waals surface area (Å²) in [5.74, 6) is 1.01. The molecule has 0 aromatic heterocycles. The van der Waals surface area contributed by atoms with Crippen LogP contribution in [0.25, 0.3) is 0 Å². The van der Waals surface area contributed by atoms with E-state index in [0.29, 0.717) is 11.8 Å². The number of rotatable bonds is 3. The highest BCUT2D eigenvalue weighted by molar-refractivity contribution is 6.33. The van der Waals surface area contributed by atoms with Gasteiger partial charge in [0.1, 0.15) is 5.60 Å².